The second kappa shape index (κ2) is 6.25. The summed E-state index contributed by atoms with van der Waals surface area (Å²) in [5.74, 6) is -0.376. The van der Waals surface area contributed by atoms with Crippen molar-refractivity contribution in [1.29, 1.82) is 0 Å². The molecule has 6 heteroatoms. The van der Waals surface area contributed by atoms with Crippen LogP contribution in [0.2, 0.25) is 0 Å². The highest BCUT2D eigenvalue weighted by Crippen LogP contribution is 2.24. The summed E-state index contributed by atoms with van der Waals surface area (Å²) in [6, 6.07) is 4.90. The molecule has 0 bridgehead atoms. The molecule has 0 aromatic heterocycles. The highest BCUT2D eigenvalue weighted by atomic mass is 32.1. The monoisotopic (exact) mass is 311 g/mol. The lowest BCUT2D eigenvalue weighted by Crippen LogP contribution is -2.50. The van der Waals surface area contributed by atoms with Crippen LogP contribution < -0.4 is 10.6 Å². The molecule has 4 nitrogen and oxygen atoms in total. The first-order chi connectivity index (χ1) is 9.78. The fraction of sp³-hybridized carbons (Fsp3) is 0.533. The second-order valence-electron chi connectivity index (χ2n) is 6.07. The number of hydrogen-bond acceptors (Lipinski definition) is 4. The number of piperazine rings is 1. The summed E-state index contributed by atoms with van der Waals surface area (Å²) in [5, 5.41) is 9.87. The predicted molar refractivity (Wildman–Crippen MR) is 87.2 cm³/mol. The highest BCUT2D eigenvalue weighted by molar-refractivity contribution is 7.80. The van der Waals surface area contributed by atoms with Crippen molar-refractivity contribution in [3.63, 3.8) is 0 Å². The third-order valence-electron chi connectivity index (χ3n) is 3.56. The van der Waals surface area contributed by atoms with Crippen molar-refractivity contribution >= 4 is 22.9 Å². The third kappa shape index (κ3) is 4.12. The van der Waals surface area contributed by atoms with E-state index in [1.807, 2.05) is 6.07 Å². The number of β-amino-alcohol motifs (C(OH)–C–C–N with tert-alkyl or cyclic N) is 1. The maximum Gasteiger partial charge on any atom is 0.135 e. The summed E-state index contributed by atoms with van der Waals surface area (Å²) in [6.07, 6.45) is 0. The standard InChI is InChI=1S/C15H22FN3OS/c1-15(2,20)10-18-6-8-19(9-7-18)12-5-3-4-11(16)13(12)14(17)21/h3-5,20H,6-10H2,1-2H3,(H2,17,21). The SMILES string of the molecule is CC(C)(O)CN1CCN(c2cccc(F)c2C(N)=S)CC1. The summed E-state index contributed by atoms with van der Waals surface area (Å²) in [6.45, 7) is 7.39. The number of anilines is 1. The number of benzene rings is 1. The van der Waals surface area contributed by atoms with Gasteiger partial charge in [-0.05, 0) is 26.0 Å². The van der Waals surface area contributed by atoms with E-state index in [0.717, 1.165) is 31.9 Å². The Bertz CT molecular complexity index is 522. The molecule has 1 aromatic rings. The number of nitrogens with zero attached hydrogens (tertiary/aromatic N) is 2. The molecule has 0 saturated carbocycles. The Kier molecular flexibility index (Phi) is 4.81. The van der Waals surface area contributed by atoms with Crippen LogP contribution in [-0.2, 0) is 0 Å². The number of thiocarbonyl (C=S) groups is 1. The van der Waals surface area contributed by atoms with E-state index >= 15 is 0 Å². The van der Waals surface area contributed by atoms with E-state index in [-0.39, 0.29) is 10.8 Å². The van der Waals surface area contributed by atoms with Crippen LogP contribution in [0, 0.1) is 5.82 Å². The highest BCUT2D eigenvalue weighted by Gasteiger charge is 2.24. The van der Waals surface area contributed by atoms with Gasteiger partial charge < -0.3 is 15.7 Å². The van der Waals surface area contributed by atoms with Gasteiger partial charge in [0.15, 0.2) is 0 Å². The fourth-order valence-electron chi connectivity index (χ4n) is 2.71. The van der Waals surface area contributed by atoms with Crippen molar-refractivity contribution in [1.82, 2.24) is 4.90 Å². The van der Waals surface area contributed by atoms with E-state index in [0.29, 0.717) is 12.1 Å². The Morgan fingerprint density at radius 3 is 2.48 bits per heavy atom. The quantitative estimate of drug-likeness (QED) is 0.822. The predicted octanol–water partition coefficient (Wildman–Crippen LogP) is 1.35. The molecular weight excluding hydrogens is 289 g/mol. The Hall–Kier alpha value is -1.24. The molecule has 1 heterocycles. The van der Waals surface area contributed by atoms with Gasteiger partial charge in [0.2, 0.25) is 0 Å². The van der Waals surface area contributed by atoms with Crippen molar-refractivity contribution < 1.29 is 9.50 Å². The Morgan fingerprint density at radius 1 is 1.33 bits per heavy atom. The zero-order valence-electron chi connectivity index (χ0n) is 12.5. The lowest BCUT2D eigenvalue weighted by Gasteiger charge is -2.39. The van der Waals surface area contributed by atoms with Crippen LogP contribution in [0.3, 0.4) is 0 Å². The second-order valence-corrected chi connectivity index (χ2v) is 6.51. The average molecular weight is 311 g/mol. The average Bonchev–Trinajstić information content (AvgIpc) is 2.37. The summed E-state index contributed by atoms with van der Waals surface area (Å²) in [7, 11) is 0. The minimum Gasteiger partial charge on any atom is -0.389 e. The van der Waals surface area contributed by atoms with E-state index in [1.165, 1.54) is 6.07 Å². The van der Waals surface area contributed by atoms with Gasteiger partial charge in [-0.2, -0.15) is 0 Å². The third-order valence-corrected chi connectivity index (χ3v) is 3.77. The summed E-state index contributed by atoms with van der Waals surface area (Å²) in [4.78, 5) is 4.39. The first kappa shape index (κ1) is 16.1. The number of hydrogen-bond donors (Lipinski definition) is 2. The van der Waals surface area contributed by atoms with Crippen molar-refractivity contribution in [2.24, 2.45) is 5.73 Å². The Morgan fingerprint density at radius 2 is 1.95 bits per heavy atom. The zero-order chi connectivity index (χ0) is 15.6. The molecule has 1 aliphatic rings. The van der Waals surface area contributed by atoms with Gasteiger partial charge in [-0.25, -0.2) is 4.39 Å². The van der Waals surface area contributed by atoms with E-state index in [4.69, 9.17) is 18.0 Å². The first-order valence-electron chi connectivity index (χ1n) is 7.06. The van der Waals surface area contributed by atoms with E-state index < -0.39 is 5.60 Å². The molecular formula is C15H22FN3OS. The molecule has 0 spiro atoms. The summed E-state index contributed by atoms with van der Waals surface area (Å²) >= 11 is 4.97. The van der Waals surface area contributed by atoms with Gasteiger partial charge in [0.1, 0.15) is 10.8 Å². The van der Waals surface area contributed by atoms with Crippen LogP contribution in [0.4, 0.5) is 10.1 Å². The molecule has 2 rings (SSSR count). The summed E-state index contributed by atoms with van der Waals surface area (Å²) in [5.41, 5.74) is 6.03. The van der Waals surface area contributed by atoms with E-state index in [1.54, 1.807) is 19.9 Å². The molecule has 3 N–H and O–H groups in total. The van der Waals surface area contributed by atoms with Crippen LogP contribution in [0.1, 0.15) is 19.4 Å². The Balaban J connectivity index is 2.10. The molecule has 116 valence electrons. The minimum absolute atomic E-state index is 0.0852. The van der Waals surface area contributed by atoms with Crippen LogP contribution in [0.15, 0.2) is 18.2 Å². The maximum absolute atomic E-state index is 13.9. The number of aliphatic hydroxyl groups is 1. The molecule has 0 amide bonds. The first-order valence-corrected chi connectivity index (χ1v) is 7.47. The molecule has 0 radical (unpaired) electrons. The molecule has 0 aliphatic carbocycles. The van der Waals surface area contributed by atoms with Crippen molar-refractivity contribution in [3.05, 3.63) is 29.6 Å². The van der Waals surface area contributed by atoms with Crippen LogP contribution >= 0.6 is 12.2 Å². The van der Waals surface area contributed by atoms with Gasteiger partial charge in [0.25, 0.3) is 0 Å². The summed E-state index contributed by atoms with van der Waals surface area (Å²) < 4.78 is 13.9. The molecule has 1 saturated heterocycles. The number of halogens is 1. The topological polar surface area (TPSA) is 52.7 Å². The van der Waals surface area contributed by atoms with Gasteiger partial charge in [-0.1, -0.05) is 18.3 Å². The molecule has 21 heavy (non-hydrogen) atoms. The smallest absolute Gasteiger partial charge is 0.135 e. The van der Waals surface area contributed by atoms with Gasteiger partial charge in [-0.3, -0.25) is 4.90 Å². The minimum atomic E-state index is -0.703. The molecule has 0 unspecified atom stereocenters. The van der Waals surface area contributed by atoms with Crippen LogP contribution in [-0.4, -0.2) is 53.3 Å². The van der Waals surface area contributed by atoms with Crippen molar-refractivity contribution in [3.8, 4) is 0 Å². The Labute approximate surface area is 130 Å². The van der Waals surface area contributed by atoms with Gasteiger partial charge in [-0.15, -0.1) is 0 Å². The zero-order valence-corrected chi connectivity index (χ0v) is 13.3. The molecule has 0 atom stereocenters. The largest absolute Gasteiger partial charge is 0.389 e. The lowest BCUT2D eigenvalue weighted by atomic mass is 10.1. The van der Waals surface area contributed by atoms with Crippen molar-refractivity contribution in [2.45, 2.75) is 19.4 Å². The fourth-order valence-corrected chi connectivity index (χ4v) is 2.92. The van der Waals surface area contributed by atoms with Crippen LogP contribution in [0.5, 0.6) is 0 Å². The molecule has 1 aromatic carbocycles. The van der Waals surface area contributed by atoms with Crippen molar-refractivity contribution in [2.75, 3.05) is 37.6 Å². The maximum atomic E-state index is 13.9. The lowest BCUT2D eigenvalue weighted by molar-refractivity contribution is 0.0345. The van der Waals surface area contributed by atoms with Gasteiger partial charge in [0, 0.05) is 38.4 Å². The normalized spacial score (nSPS) is 17.0. The number of nitrogens with two attached hydrogens (primary N) is 1. The molecule has 1 aliphatic heterocycles. The van der Waals surface area contributed by atoms with E-state index in [2.05, 4.69) is 9.80 Å². The number of rotatable bonds is 4. The van der Waals surface area contributed by atoms with Gasteiger partial charge in [0.05, 0.1) is 11.2 Å². The van der Waals surface area contributed by atoms with Crippen LogP contribution in [0.25, 0.3) is 0 Å². The van der Waals surface area contributed by atoms with Gasteiger partial charge >= 0.3 is 0 Å². The molecule has 1 fully saturated rings. The van der Waals surface area contributed by atoms with E-state index in [9.17, 15) is 9.50 Å².